The zero-order chi connectivity index (χ0) is 28.6. The van der Waals surface area contributed by atoms with Crippen LogP contribution in [0.2, 0.25) is 14.8 Å². The molecule has 0 aliphatic heterocycles. The van der Waals surface area contributed by atoms with E-state index in [2.05, 4.69) is 124 Å². The minimum atomic E-state index is -2.57. The number of tetrazole rings is 1. The summed E-state index contributed by atoms with van der Waals surface area (Å²) in [4.78, 5) is 11.9. The van der Waals surface area contributed by atoms with Gasteiger partial charge in [-0.2, -0.15) is 0 Å². The van der Waals surface area contributed by atoms with Crippen LogP contribution in [-0.2, 0) is 13.0 Å². The maximum absolute atomic E-state index is 5.08. The predicted octanol–water partition coefficient (Wildman–Crippen LogP) is 6.90. The summed E-state index contributed by atoms with van der Waals surface area (Å²) < 4.78 is 6.41. The summed E-state index contributed by atoms with van der Waals surface area (Å²) in [6.45, 7) is 5.00. The summed E-state index contributed by atoms with van der Waals surface area (Å²) in [5, 5.41) is 17.9. The Balaban J connectivity index is 1.36. The molecule has 41 heavy (non-hydrogen) atoms. The van der Waals surface area contributed by atoms with Crippen LogP contribution in [0.1, 0.15) is 36.8 Å². The first kappa shape index (κ1) is 27.4. The Bertz CT molecular complexity index is 1790. The van der Waals surface area contributed by atoms with Gasteiger partial charge in [0.1, 0.15) is 0 Å². The summed E-state index contributed by atoms with van der Waals surface area (Å²) in [6.07, 6.45) is 3.14. The second kappa shape index (κ2) is 11.2. The standard InChI is InChI=1S/C29H27N8.3CH3.Sn/c1-3-4-14-26-33-37-27(23-10-6-5-7-11-23)20(2)30-29(37)36(26)19-21-15-17-22(18-16-21)24-12-8-9-13-25(24)28-31-34-35-32-28;;;;/h5-13,15-18H,3-4,14,19H2,1-2H3;3*1H3;/q-1;;;;+1. The van der Waals surface area contributed by atoms with E-state index >= 15 is 0 Å². The Morgan fingerprint density at radius 2 is 1.51 bits per heavy atom. The molecule has 0 amide bonds. The predicted molar refractivity (Wildman–Crippen MR) is 166 cm³/mol. The van der Waals surface area contributed by atoms with Crippen LogP contribution in [0.15, 0.2) is 78.9 Å². The molecule has 0 fully saturated rings. The number of hydrogen-bond donors (Lipinski definition) is 0. The van der Waals surface area contributed by atoms with Crippen molar-refractivity contribution in [2.45, 2.75) is 54.5 Å². The fraction of sp³-hybridized carbons (Fsp3) is 0.281. The molecule has 0 bridgehead atoms. The van der Waals surface area contributed by atoms with E-state index in [0.717, 1.165) is 70.3 Å². The number of unbranched alkanes of at least 4 members (excludes halogenated alkanes) is 1. The van der Waals surface area contributed by atoms with Crippen LogP contribution >= 0.6 is 0 Å². The molecule has 3 aromatic carbocycles. The van der Waals surface area contributed by atoms with E-state index in [1.54, 1.807) is 0 Å². The van der Waals surface area contributed by atoms with Crippen molar-refractivity contribution in [3.8, 4) is 33.8 Å². The average molecular weight is 651 g/mol. The van der Waals surface area contributed by atoms with Crippen molar-refractivity contribution in [1.29, 1.82) is 0 Å². The Kier molecular flexibility index (Phi) is 7.50. The first-order valence-corrected chi connectivity index (χ1v) is 24.2. The Morgan fingerprint density at radius 1 is 0.805 bits per heavy atom. The van der Waals surface area contributed by atoms with Crippen molar-refractivity contribution in [2.24, 2.45) is 0 Å². The van der Waals surface area contributed by atoms with Crippen molar-refractivity contribution < 1.29 is 0 Å². The van der Waals surface area contributed by atoms with E-state index in [9.17, 15) is 0 Å². The van der Waals surface area contributed by atoms with Gasteiger partial charge in [-0.25, -0.2) is 0 Å². The van der Waals surface area contributed by atoms with Gasteiger partial charge in [0.25, 0.3) is 0 Å². The van der Waals surface area contributed by atoms with Gasteiger partial charge in [0, 0.05) is 5.56 Å². The maximum atomic E-state index is 5.08. The molecule has 208 valence electrons. The first-order chi connectivity index (χ1) is 19.8. The third kappa shape index (κ3) is 5.32. The molecule has 0 radical (unpaired) electrons. The van der Waals surface area contributed by atoms with Crippen molar-refractivity contribution in [1.82, 2.24) is 37.6 Å². The molecule has 0 saturated heterocycles. The molecule has 0 N–H and O–H groups in total. The van der Waals surface area contributed by atoms with Gasteiger partial charge >= 0.3 is 172 Å². The zero-order valence-electron chi connectivity index (χ0n) is 24.4. The molecular formula is C32H36N8Sn. The molecule has 0 unspecified atom stereocenters. The van der Waals surface area contributed by atoms with Gasteiger partial charge in [-0.15, -0.1) is 0 Å². The van der Waals surface area contributed by atoms with Gasteiger partial charge in [0.2, 0.25) is 0 Å². The van der Waals surface area contributed by atoms with Crippen LogP contribution in [0.4, 0.5) is 0 Å². The van der Waals surface area contributed by atoms with Gasteiger partial charge in [0.15, 0.2) is 0 Å². The second-order valence-corrected chi connectivity index (χ2v) is 25.2. The van der Waals surface area contributed by atoms with Gasteiger partial charge in [-0.05, 0) is 13.3 Å². The molecule has 0 spiro atoms. The topological polar surface area (TPSA) is 78.7 Å². The van der Waals surface area contributed by atoms with E-state index in [0.29, 0.717) is 6.54 Å². The number of aromatic nitrogens is 8. The van der Waals surface area contributed by atoms with E-state index in [1.807, 2.05) is 10.6 Å². The number of rotatable bonds is 9. The third-order valence-corrected chi connectivity index (χ3v) is 11.9. The second-order valence-electron chi connectivity index (χ2n) is 11.6. The number of fused-ring (bicyclic) bond motifs is 1. The molecule has 8 nitrogen and oxygen atoms in total. The Labute approximate surface area is 245 Å². The van der Waals surface area contributed by atoms with Gasteiger partial charge in [-0.1, -0.05) is 43.7 Å². The molecule has 3 aromatic heterocycles. The van der Waals surface area contributed by atoms with Crippen LogP contribution in [-0.4, -0.2) is 56.2 Å². The van der Waals surface area contributed by atoms with Crippen LogP contribution in [0.5, 0.6) is 0 Å². The minimum absolute atomic E-state index is 0.714. The third-order valence-electron chi connectivity index (χ3n) is 7.46. The van der Waals surface area contributed by atoms with Crippen molar-refractivity contribution in [3.63, 3.8) is 0 Å². The molecule has 6 aromatic rings. The summed E-state index contributed by atoms with van der Waals surface area (Å²) in [6, 6.07) is 27.7. The van der Waals surface area contributed by atoms with Crippen LogP contribution in [0, 0.1) is 6.92 Å². The Hall–Kier alpha value is -3.79. The quantitative estimate of drug-likeness (QED) is 0.159. The summed E-state index contributed by atoms with van der Waals surface area (Å²) in [7, 11) is 0. The molecule has 3 heterocycles. The van der Waals surface area contributed by atoms with Crippen molar-refractivity contribution in [2.75, 3.05) is 0 Å². The molecular weight excluding hydrogens is 615 g/mol. The summed E-state index contributed by atoms with van der Waals surface area (Å²) in [5.74, 6) is 2.82. The number of benzene rings is 3. The molecule has 0 saturated carbocycles. The van der Waals surface area contributed by atoms with Gasteiger partial charge in [-0.3, -0.25) is 0 Å². The molecule has 9 heteroatoms. The number of nitrogens with zero attached hydrogens (tertiary/aromatic N) is 8. The van der Waals surface area contributed by atoms with Crippen molar-refractivity contribution >= 4 is 24.4 Å². The Morgan fingerprint density at radius 3 is 2.22 bits per heavy atom. The fourth-order valence-electron chi connectivity index (χ4n) is 5.38. The van der Waals surface area contributed by atoms with E-state index in [-0.39, 0.29) is 0 Å². The molecule has 0 aliphatic rings. The van der Waals surface area contributed by atoms with Gasteiger partial charge in [0.05, 0.1) is 11.4 Å². The monoisotopic (exact) mass is 652 g/mol. The first-order valence-electron chi connectivity index (χ1n) is 14.3. The van der Waals surface area contributed by atoms with Crippen LogP contribution in [0.25, 0.3) is 39.5 Å². The number of aryl methyl sites for hydroxylation is 2. The molecule has 0 aliphatic carbocycles. The van der Waals surface area contributed by atoms with Crippen LogP contribution < -0.4 is 0 Å². The normalized spacial score (nSPS) is 11.9. The molecule has 0 atom stereocenters. The molecule has 6 rings (SSSR count). The number of imidazole rings is 1. The number of hydrogen-bond acceptors (Lipinski definition) is 5. The van der Waals surface area contributed by atoms with E-state index in [1.165, 1.54) is 5.56 Å². The zero-order valence-corrected chi connectivity index (χ0v) is 27.3. The van der Waals surface area contributed by atoms with Crippen molar-refractivity contribution in [3.05, 3.63) is 95.9 Å². The summed E-state index contributed by atoms with van der Waals surface area (Å²) in [5.41, 5.74) is 7.74. The summed E-state index contributed by atoms with van der Waals surface area (Å²) >= 11 is -2.57. The van der Waals surface area contributed by atoms with E-state index < -0.39 is 18.7 Å². The fourth-order valence-corrected chi connectivity index (χ4v) is 8.54. The SMILES string of the molecule is CCCCc1nn2c(-c3ccccc3)c(C)nc2n1Cc1ccc(-c2ccccc2-c2nnn[n]2[Sn]([CH3])([CH3])[CH3])cc1. The van der Waals surface area contributed by atoms with Gasteiger partial charge < -0.3 is 0 Å². The average Bonchev–Trinajstić information content (AvgIpc) is 3.67. The van der Waals surface area contributed by atoms with E-state index in [4.69, 9.17) is 10.1 Å². The van der Waals surface area contributed by atoms with Crippen LogP contribution in [0.3, 0.4) is 0 Å².